The van der Waals surface area contributed by atoms with Crippen LogP contribution in [0.2, 0.25) is 0 Å². The third-order valence-electron chi connectivity index (χ3n) is 0.594. The van der Waals surface area contributed by atoms with E-state index in [0.29, 0.717) is 0 Å². The first-order valence-corrected chi connectivity index (χ1v) is 2.34. The molecule has 0 saturated carbocycles. The lowest BCUT2D eigenvalue weighted by atomic mass is 10.5. The van der Waals surface area contributed by atoms with Crippen LogP contribution in [0.1, 0.15) is 0 Å². The van der Waals surface area contributed by atoms with E-state index in [9.17, 15) is 0 Å². The lowest BCUT2D eigenvalue weighted by Crippen LogP contribution is -2.03. The highest BCUT2D eigenvalue weighted by atomic mass is 14.8. The first-order chi connectivity index (χ1) is 3.41. The fourth-order valence-electron chi connectivity index (χ4n) is 0.282. The maximum absolute atomic E-state index is 3.52. The van der Waals surface area contributed by atoms with Gasteiger partial charge in [-0.3, -0.25) is 0 Å². The van der Waals surface area contributed by atoms with Crippen molar-refractivity contribution < 1.29 is 0 Å². The fourth-order valence-corrected chi connectivity index (χ4v) is 0.282. The molecule has 40 valence electrons. The average Bonchev–Trinajstić information content (AvgIpc) is 1.69. The van der Waals surface area contributed by atoms with Crippen molar-refractivity contribution in [3.8, 4) is 0 Å². The molecule has 0 aliphatic rings. The van der Waals surface area contributed by atoms with Crippen molar-refractivity contribution in [3.63, 3.8) is 0 Å². The fraction of sp³-hybridized carbons (Fsp3) is 0.333. The summed E-state index contributed by atoms with van der Waals surface area (Å²) in [4.78, 5) is 0. The Hall–Kier alpha value is -0.560. The van der Waals surface area contributed by atoms with E-state index in [2.05, 4.69) is 11.9 Å². The maximum atomic E-state index is 3.52. The first-order valence-electron chi connectivity index (χ1n) is 2.34. The number of likely N-dealkylation sites (N-methyl/N-ethyl adjacent to an activating group) is 1. The quantitative estimate of drug-likeness (QED) is 0.517. The van der Waals surface area contributed by atoms with Crippen molar-refractivity contribution in [2.24, 2.45) is 0 Å². The van der Waals surface area contributed by atoms with Crippen LogP contribution in [-0.4, -0.2) is 13.6 Å². The summed E-state index contributed by atoms with van der Waals surface area (Å²) >= 11 is 0. The predicted octanol–water partition coefficient (Wildman–Crippen LogP) is 0.948. The minimum atomic E-state index is 0.923. The van der Waals surface area contributed by atoms with E-state index < -0.39 is 0 Å². The molecule has 7 heavy (non-hydrogen) atoms. The van der Waals surface area contributed by atoms with Gasteiger partial charge in [0.15, 0.2) is 0 Å². The van der Waals surface area contributed by atoms with E-state index in [4.69, 9.17) is 0 Å². The maximum Gasteiger partial charge on any atom is 0.0134 e. The van der Waals surface area contributed by atoms with Crippen molar-refractivity contribution in [3.05, 3.63) is 24.8 Å². The molecule has 0 radical (unpaired) electrons. The number of hydrogen-bond acceptors (Lipinski definition) is 1. The Morgan fingerprint density at radius 3 is 2.86 bits per heavy atom. The van der Waals surface area contributed by atoms with Crippen LogP contribution in [0.25, 0.3) is 0 Å². The summed E-state index contributed by atoms with van der Waals surface area (Å²) in [5.74, 6) is 0. The average molecular weight is 97.2 g/mol. The molecule has 1 heteroatoms. The Labute approximate surface area is 44.7 Å². The monoisotopic (exact) mass is 97.1 g/mol. The van der Waals surface area contributed by atoms with Gasteiger partial charge in [-0.15, -0.1) is 0 Å². The summed E-state index contributed by atoms with van der Waals surface area (Å²) in [6.45, 7) is 4.44. The van der Waals surface area contributed by atoms with Crippen LogP contribution in [0.3, 0.4) is 0 Å². The number of nitrogens with one attached hydrogen (secondary N) is 1. The molecule has 1 N–H and O–H groups in total. The molecule has 0 rings (SSSR count). The third-order valence-corrected chi connectivity index (χ3v) is 0.594. The van der Waals surface area contributed by atoms with Crippen LogP contribution in [-0.2, 0) is 0 Å². The minimum absolute atomic E-state index is 0.923. The molecule has 0 unspecified atom stereocenters. The van der Waals surface area contributed by atoms with Gasteiger partial charge >= 0.3 is 0 Å². The molecule has 0 aliphatic carbocycles. The van der Waals surface area contributed by atoms with Crippen molar-refractivity contribution in [1.82, 2.24) is 5.32 Å². The van der Waals surface area contributed by atoms with E-state index in [1.807, 2.05) is 19.2 Å². The summed E-state index contributed by atoms with van der Waals surface area (Å²) < 4.78 is 0. The van der Waals surface area contributed by atoms with E-state index in [-0.39, 0.29) is 0 Å². The van der Waals surface area contributed by atoms with Crippen LogP contribution in [0, 0.1) is 0 Å². The molecule has 0 saturated heterocycles. The Balaban J connectivity index is 2.92. The van der Waals surface area contributed by atoms with Crippen molar-refractivity contribution in [2.75, 3.05) is 13.6 Å². The molecular weight excluding hydrogens is 86.1 g/mol. The Morgan fingerprint density at radius 2 is 2.43 bits per heavy atom. The molecule has 0 aromatic heterocycles. The lowest BCUT2D eigenvalue weighted by Gasteiger charge is -1.82. The number of allylic oxidation sites excluding steroid dienone is 2. The van der Waals surface area contributed by atoms with Gasteiger partial charge in [-0.1, -0.05) is 24.8 Å². The van der Waals surface area contributed by atoms with Crippen molar-refractivity contribution in [1.29, 1.82) is 0 Å². The topological polar surface area (TPSA) is 12.0 Å². The van der Waals surface area contributed by atoms with Gasteiger partial charge in [0.1, 0.15) is 0 Å². The highest BCUT2D eigenvalue weighted by molar-refractivity contribution is 4.97. The van der Waals surface area contributed by atoms with Gasteiger partial charge in [-0.2, -0.15) is 0 Å². The minimum Gasteiger partial charge on any atom is -0.316 e. The van der Waals surface area contributed by atoms with E-state index in [0.717, 1.165) is 6.54 Å². The molecule has 0 atom stereocenters. The van der Waals surface area contributed by atoms with E-state index >= 15 is 0 Å². The van der Waals surface area contributed by atoms with Gasteiger partial charge in [0, 0.05) is 6.54 Å². The lowest BCUT2D eigenvalue weighted by molar-refractivity contribution is 0.920. The number of rotatable bonds is 3. The molecule has 0 aliphatic heterocycles. The van der Waals surface area contributed by atoms with Gasteiger partial charge in [0.25, 0.3) is 0 Å². The van der Waals surface area contributed by atoms with Crippen molar-refractivity contribution in [2.45, 2.75) is 0 Å². The molecule has 1 nitrogen and oxygen atoms in total. The van der Waals surface area contributed by atoms with Gasteiger partial charge in [-0.05, 0) is 7.05 Å². The van der Waals surface area contributed by atoms with Crippen LogP contribution >= 0.6 is 0 Å². The second-order valence-corrected chi connectivity index (χ2v) is 1.22. The predicted molar refractivity (Wildman–Crippen MR) is 33.3 cm³/mol. The zero-order chi connectivity index (χ0) is 5.54. The molecule has 0 bridgehead atoms. The molecule has 0 aromatic rings. The second kappa shape index (κ2) is 5.44. The molecule has 0 amide bonds. The summed E-state index contributed by atoms with van der Waals surface area (Å²) in [6, 6.07) is 0. The summed E-state index contributed by atoms with van der Waals surface area (Å²) in [5, 5.41) is 2.97. The zero-order valence-electron chi connectivity index (χ0n) is 4.65. The second-order valence-electron chi connectivity index (χ2n) is 1.22. The van der Waals surface area contributed by atoms with Gasteiger partial charge < -0.3 is 5.32 Å². The molecular formula is C6H11N. The molecule has 0 spiro atoms. The summed E-state index contributed by atoms with van der Waals surface area (Å²) in [7, 11) is 1.91. The van der Waals surface area contributed by atoms with Crippen LogP contribution in [0.15, 0.2) is 24.8 Å². The van der Waals surface area contributed by atoms with Gasteiger partial charge in [0.05, 0.1) is 0 Å². The van der Waals surface area contributed by atoms with Crippen molar-refractivity contribution >= 4 is 0 Å². The summed E-state index contributed by atoms with van der Waals surface area (Å²) in [5.41, 5.74) is 0. The van der Waals surface area contributed by atoms with Crippen LogP contribution in [0.5, 0.6) is 0 Å². The largest absolute Gasteiger partial charge is 0.316 e. The standard InChI is InChI=1S/C6H11N/c1-3-4-5-6-7-2/h3-5,7H,1,6H2,2H3/b5-4+. The SMILES string of the molecule is C=C/C=C/CNC. The van der Waals surface area contributed by atoms with E-state index in [1.54, 1.807) is 6.08 Å². The Bertz CT molecular complexity index is 64.6. The molecule has 0 aromatic carbocycles. The van der Waals surface area contributed by atoms with Gasteiger partial charge in [0.2, 0.25) is 0 Å². The third kappa shape index (κ3) is 5.44. The first kappa shape index (κ1) is 6.44. The number of hydrogen-bond donors (Lipinski definition) is 1. The highest BCUT2D eigenvalue weighted by Crippen LogP contribution is 1.67. The Morgan fingerprint density at radius 1 is 1.71 bits per heavy atom. The summed E-state index contributed by atoms with van der Waals surface area (Å²) in [6.07, 6.45) is 5.68. The Kier molecular flexibility index (Phi) is 5.00. The van der Waals surface area contributed by atoms with Crippen LogP contribution < -0.4 is 5.32 Å². The molecule has 0 fully saturated rings. The van der Waals surface area contributed by atoms with E-state index in [1.165, 1.54) is 0 Å². The highest BCUT2D eigenvalue weighted by Gasteiger charge is 1.62. The van der Waals surface area contributed by atoms with Gasteiger partial charge in [-0.25, -0.2) is 0 Å². The van der Waals surface area contributed by atoms with Crippen LogP contribution in [0.4, 0.5) is 0 Å². The smallest absolute Gasteiger partial charge is 0.0134 e. The normalized spacial score (nSPS) is 9.86. The molecule has 0 heterocycles. The zero-order valence-corrected chi connectivity index (χ0v) is 4.65.